The highest BCUT2D eigenvalue weighted by atomic mass is 35.5. The summed E-state index contributed by atoms with van der Waals surface area (Å²) in [4.78, 5) is 15.9. The number of aromatic nitrogens is 1. The zero-order chi connectivity index (χ0) is 16.8. The molecule has 0 saturated carbocycles. The molecule has 10 heteroatoms. The molecule has 24 heavy (non-hydrogen) atoms. The number of nitrogens with zero attached hydrogens (tertiary/aromatic N) is 1. The second kappa shape index (κ2) is 10.0. The van der Waals surface area contributed by atoms with Crippen molar-refractivity contribution >= 4 is 52.9 Å². The van der Waals surface area contributed by atoms with Gasteiger partial charge in [0.1, 0.15) is 34.2 Å². The standard InChI is InChI=1S/C14H15Cl2N3O3S.ClH/c15-9-2-1-3-11(13(9)16)22-6-8(20)5-18-14(21)10-7-23-12(4-17)19-10;/h1-3,7-8,20H,4-6,17H2,(H,18,21);1H. The van der Waals surface area contributed by atoms with Crippen molar-refractivity contribution in [3.05, 3.63) is 44.3 Å². The van der Waals surface area contributed by atoms with Gasteiger partial charge in [0.25, 0.3) is 5.91 Å². The number of carbonyl (C=O) groups excluding carboxylic acids is 1. The molecule has 0 aliphatic rings. The van der Waals surface area contributed by atoms with Crippen LogP contribution in [-0.2, 0) is 6.54 Å². The minimum Gasteiger partial charge on any atom is -0.489 e. The molecule has 0 aliphatic heterocycles. The molecule has 1 unspecified atom stereocenters. The van der Waals surface area contributed by atoms with Crippen LogP contribution in [0.2, 0.25) is 10.0 Å². The van der Waals surface area contributed by atoms with Gasteiger partial charge in [0.05, 0.1) is 5.02 Å². The second-order valence-corrected chi connectivity index (χ2v) is 6.29. The van der Waals surface area contributed by atoms with Gasteiger partial charge in [0, 0.05) is 18.5 Å². The van der Waals surface area contributed by atoms with Crippen molar-refractivity contribution in [1.82, 2.24) is 10.3 Å². The van der Waals surface area contributed by atoms with Crippen molar-refractivity contribution in [1.29, 1.82) is 0 Å². The second-order valence-electron chi connectivity index (χ2n) is 4.56. The van der Waals surface area contributed by atoms with Crippen molar-refractivity contribution in [3.8, 4) is 5.75 Å². The van der Waals surface area contributed by atoms with E-state index in [2.05, 4.69) is 10.3 Å². The monoisotopic (exact) mass is 411 g/mol. The summed E-state index contributed by atoms with van der Waals surface area (Å²) in [6.45, 7) is 0.271. The van der Waals surface area contributed by atoms with E-state index < -0.39 is 6.10 Å². The lowest BCUT2D eigenvalue weighted by atomic mass is 10.3. The fourth-order valence-electron chi connectivity index (χ4n) is 1.65. The summed E-state index contributed by atoms with van der Waals surface area (Å²) in [5, 5.41) is 15.4. The zero-order valence-electron chi connectivity index (χ0n) is 12.4. The molecule has 1 atom stereocenters. The number of rotatable bonds is 7. The first-order valence-electron chi connectivity index (χ1n) is 6.68. The Hall–Kier alpha value is -1.09. The highest BCUT2D eigenvalue weighted by Gasteiger charge is 2.13. The predicted molar refractivity (Wildman–Crippen MR) is 97.6 cm³/mol. The van der Waals surface area contributed by atoms with E-state index in [4.69, 9.17) is 33.7 Å². The number of aliphatic hydroxyl groups excluding tert-OH is 1. The van der Waals surface area contributed by atoms with Crippen LogP contribution in [0.25, 0.3) is 0 Å². The molecule has 1 amide bonds. The minimum absolute atomic E-state index is 0. The number of amides is 1. The van der Waals surface area contributed by atoms with Crippen LogP contribution < -0.4 is 15.8 Å². The van der Waals surface area contributed by atoms with Gasteiger partial charge < -0.3 is 20.9 Å². The Labute approximate surface area is 159 Å². The van der Waals surface area contributed by atoms with Crippen LogP contribution >= 0.6 is 46.9 Å². The van der Waals surface area contributed by atoms with Gasteiger partial charge in [0.15, 0.2) is 0 Å². The van der Waals surface area contributed by atoms with E-state index in [1.807, 2.05) is 0 Å². The summed E-state index contributed by atoms with van der Waals surface area (Å²) in [6.07, 6.45) is -0.901. The van der Waals surface area contributed by atoms with Crippen LogP contribution in [0.5, 0.6) is 5.75 Å². The predicted octanol–water partition coefficient (Wildman–Crippen LogP) is 2.50. The van der Waals surface area contributed by atoms with E-state index >= 15 is 0 Å². The molecule has 0 fully saturated rings. The Morgan fingerprint density at radius 2 is 2.21 bits per heavy atom. The molecule has 1 heterocycles. The van der Waals surface area contributed by atoms with Crippen LogP contribution in [0.15, 0.2) is 23.6 Å². The molecule has 2 aromatic rings. The van der Waals surface area contributed by atoms with Gasteiger partial charge in [-0.2, -0.15) is 0 Å². The Balaban J connectivity index is 0.00000288. The molecule has 0 saturated heterocycles. The van der Waals surface area contributed by atoms with Gasteiger partial charge in [-0.05, 0) is 12.1 Å². The lowest BCUT2D eigenvalue weighted by Crippen LogP contribution is -2.35. The van der Waals surface area contributed by atoms with Crippen molar-refractivity contribution in [2.24, 2.45) is 5.73 Å². The zero-order valence-corrected chi connectivity index (χ0v) is 15.5. The molecule has 0 aliphatic carbocycles. The fourth-order valence-corrected chi connectivity index (χ4v) is 2.65. The molecule has 1 aromatic heterocycles. The SMILES string of the molecule is Cl.NCc1nc(C(=O)NCC(O)COc2cccc(Cl)c2Cl)cs1. The van der Waals surface area contributed by atoms with Crippen LogP contribution in [-0.4, -0.2) is 35.3 Å². The molecule has 132 valence electrons. The third-order valence-corrected chi connectivity index (χ3v) is 4.48. The van der Waals surface area contributed by atoms with Gasteiger partial charge in [0.2, 0.25) is 0 Å². The molecule has 0 spiro atoms. The first kappa shape index (κ1) is 21.0. The van der Waals surface area contributed by atoms with Crippen LogP contribution in [0, 0.1) is 0 Å². The van der Waals surface area contributed by atoms with Crippen LogP contribution in [0.4, 0.5) is 0 Å². The molecule has 4 N–H and O–H groups in total. The number of benzene rings is 1. The molecule has 6 nitrogen and oxygen atoms in total. The van der Waals surface area contributed by atoms with Crippen molar-refractivity contribution in [3.63, 3.8) is 0 Å². The third-order valence-electron chi connectivity index (χ3n) is 2.80. The maximum Gasteiger partial charge on any atom is 0.270 e. The lowest BCUT2D eigenvalue weighted by molar-refractivity contribution is 0.0840. The molecule has 1 aromatic carbocycles. The summed E-state index contributed by atoms with van der Waals surface area (Å²) in [7, 11) is 0. The number of carbonyl (C=O) groups is 1. The maximum atomic E-state index is 11.9. The largest absolute Gasteiger partial charge is 0.489 e. The Bertz CT molecular complexity index is 684. The molecule has 0 bridgehead atoms. The van der Waals surface area contributed by atoms with Crippen LogP contribution in [0.3, 0.4) is 0 Å². The van der Waals surface area contributed by atoms with Gasteiger partial charge in [-0.15, -0.1) is 23.7 Å². The van der Waals surface area contributed by atoms with E-state index in [0.29, 0.717) is 15.8 Å². The first-order valence-corrected chi connectivity index (χ1v) is 8.32. The first-order chi connectivity index (χ1) is 11.0. The number of nitrogens with one attached hydrogen (secondary N) is 1. The van der Waals surface area contributed by atoms with E-state index in [9.17, 15) is 9.90 Å². The average Bonchev–Trinajstić information content (AvgIpc) is 3.03. The Morgan fingerprint density at radius 1 is 1.46 bits per heavy atom. The van der Waals surface area contributed by atoms with Crippen molar-refractivity contribution in [2.75, 3.05) is 13.2 Å². The number of halogens is 3. The highest BCUT2D eigenvalue weighted by molar-refractivity contribution is 7.09. The van der Waals surface area contributed by atoms with E-state index in [1.165, 1.54) is 11.3 Å². The lowest BCUT2D eigenvalue weighted by Gasteiger charge is -2.14. The maximum absolute atomic E-state index is 11.9. The summed E-state index contributed by atoms with van der Waals surface area (Å²) in [6, 6.07) is 4.97. The van der Waals surface area contributed by atoms with Gasteiger partial charge in [-0.1, -0.05) is 29.3 Å². The number of aliphatic hydroxyl groups is 1. The number of ether oxygens (including phenoxy) is 1. The quantitative estimate of drug-likeness (QED) is 0.649. The number of hydrogen-bond donors (Lipinski definition) is 3. The molecular formula is C14H16Cl3N3O3S. The van der Waals surface area contributed by atoms with Gasteiger partial charge >= 0.3 is 0 Å². The normalized spacial score (nSPS) is 11.5. The topological polar surface area (TPSA) is 97.5 Å². The summed E-state index contributed by atoms with van der Waals surface area (Å²) in [5.74, 6) is -0.00239. The Morgan fingerprint density at radius 3 is 2.88 bits per heavy atom. The number of thiazole rings is 1. The smallest absolute Gasteiger partial charge is 0.270 e. The van der Waals surface area contributed by atoms with E-state index in [1.54, 1.807) is 23.6 Å². The van der Waals surface area contributed by atoms with E-state index in [-0.39, 0.29) is 48.7 Å². The van der Waals surface area contributed by atoms with Crippen molar-refractivity contribution in [2.45, 2.75) is 12.6 Å². The molecule has 0 radical (unpaired) electrons. The Kier molecular flexibility index (Phi) is 8.75. The van der Waals surface area contributed by atoms with Crippen molar-refractivity contribution < 1.29 is 14.6 Å². The van der Waals surface area contributed by atoms with Gasteiger partial charge in [-0.3, -0.25) is 4.79 Å². The average molecular weight is 413 g/mol. The van der Waals surface area contributed by atoms with E-state index in [0.717, 1.165) is 0 Å². The minimum atomic E-state index is -0.901. The summed E-state index contributed by atoms with van der Waals surface area (Å²) in [5.41, 5.74) is 5.72. The summed E-state index contributed by atoms with van der Waals surface area (Å²) < 4.78 is 5.39. The highest BCUT2D eigenvalue weighted by Crippen LogP contribution is 2.31. The summed E-state index contributed by atoms with van der Waals surface area (Å²) >= 11 is 13.2. The number of nitrogens with two attached hydrogens (primary N) is 1. The fraction of sp³-hybridized carbons (Fsp3) is 0.286. The molecule has 2 rings (SSSR count). The van der Waals surface area contributed by atoms with Crippen LogP contribution in [0.1, 0.15) is 15.5 Å². The number of hydrogen-bond acceptors (Lipinski definition) is 6. The van der Waals surface area contributed by atoms with Gasteiger partial charge in [-0.25, -0.2) is 4.98 Å². The third kappa shape index (κ3) is 5.77. The molecular weight excluding hydrogens is 397 g/mol.